The summed E-state index contributed by atoms with van der Waals surface area (Å²) < 4.78 is 10.3. The van der Waals surface area contributed by atoms with Crippen molar-refractivity contribution in [2.24, 2.45) is 0 Å². The molecule has 0 aliphatic heterocycles. The summed E-state index contributed by atoms with van der Waals surface area (Å²) in [6.45, 7) is 0.384. The van der Waals surface area contributed by atoms with Crippen molar-refractivity contribution in [2.75, 3.05) is 14.2 Å². The minimum Gasteiger partial charge on any atom is -0.497 e. The normalized spacial score (nSPS) is 10.6. The van der Waals surface area contributed by atoms with Gasteiger partial charge in [-0.05, 0) is 29.8 Å². The molecule has 122 valence electrons. The third-order valence-corrected chi connectivity index (χ3v) is 3.80. The van der Waals surface area contributed by atoms with Gasteiger partial charge in [0.15, 0.2) is 0 Å². The van der Waals surface area contributed by atoms with E-state index in [1.54, 1.807) is 38.4 Å². The lowest BCUT2D eigenvalue weighted by Crippen LogP contribution is -2.30. The summed E-state index contributed by atoms with van der Waals surface area (Å²) in [5, 5.41) is 0.721. The van der Waals surface area contributed by atoms with Crippen LogP contribution in [-0.2, 0) is 6.54 Å². The van der Waals surface area contributed by atoms with Crippen molar-refractivity contribution in [3.05, 3.63) is 76.1 Å². The Morgan fingerprint density at radius 2 is 1.83 bits per heavy atom. The molecular formula is C19H17NO4. The zero-order chi connectivity index (χ0) is 17.1. The number of benzene rings is 2. The summed E-state index contributed by atoms with van der Waals surface area (Å²) >= 11 is 0. The van der Waals surface area contributed by atoms with Crippen LogP contribution < -0.4 is 10.4 Å². The molecule has 0 aliphatic carbocycles. The number of rotatable bonds is 4. The fourth-order valence-corrected chi connectivity index (χ4v) is 2.49. The van der Waals surface area contributed by atoms with E-state index in [1.165, 1.54) is 4.90 Å². The Labute approximate surface area is 139 Å². The lowest BCUT2D eigenvalue weighted by atomic mass is 10.1. The van der Waals surface area contributed by atoms with E-state index in [2.05, 4.69) is 0 Å². The van der Waals surface area contributed by atoms with Crippen LogP contribution in [0, 0.1) is 0 Å². The lowest BCUT2D eigenvalue weighted by Gasteiger charge is -2.17. The van der Waals surface area contributed by atoms with Gasteiger partial charge in [0.2, 0.25) is 0 Å². The molecule has 5 nitrogen and oxygen atoms in total. The number of ether oxygens (including phenoxy) is 1. The van der Waals surface area contributed by atoms with Crippen LogP contribution in [-0.4, -0.2) is 25.0 Å². The van der Waals surface area contributed by atoms with Crippen LogP contribution in [0.5, 0.6) is 5.75 Å². The Balaban J connectivity index is 1.84. The van der Waals surface area contributed by atoms with Crippen LogP contribution in [0.2, 0.25) is 0 Å². The van der Waals surface area contributed by atoms with E-state index in [0.29, 0.717) is 12.1 Å². The van der Waals surface area contributed by atoms with Gasteiger partial charge in [-0.3, -0.25) is 4.79 Å². The molecule has 0 unspecified atom stereocenters. The number of hydrogen-bond donors (Lipinski definition) is 0. The number of para-hydroxylation sites is 1. The Hall–Kier alpha value is -3.08. The number of fused-ring (bicyclic) bond motifs is 1. The van der Waals surface area contributed by atoms with Crippen molar-refractivity contribution in [3.63, 3.8) is 0 Å². The van der Waals surface area contributed by atoms with Crippen molar-refractivity contribution in [1.82, 2.24) is 4.90 Å². The maximum absolute atomic E-state index is 12.6. The van der Waals surface area contributed by atoms with E-state index in [1.807, 2.05) is 30.3 Å². The molecule has 5 heteroatoms. The molecule has 0 N–H and O–H groups in total. The van der Waals surface area contributed by atoms with Gasteiger partial charge in [0.1, 0.15) is 16.9 Å². The maximum atomic E-state index is 12.6. The number of carbonyl (C=O) groups is 1. The van der Waals surface area contributed by atoms with Gasteiger partial charge in [-0.25, -0.2) is 4.79 Å². The number of hydrogen-bond acceptors (Lipinski definition) is 4. The first-order chi connectivity index (χ1) is 11.6. The summed E-state index contributed by atoms with van der Waals surface area (Å²) in [5.41, 5.74) is 0.818. The SMILES string of the molecule is COc1ccc(CN(C)C(=O)c2cc3ccccc3oc2=O)cc1. The van der Waals surface area contributed by atoms with E-state index in [-0.39, 0.29) is 11.5 Å². The fourth-order valence-electron chi connectivity index (χ4n) is 2.49. The summed E-state index contributed by atoms with van der Waals surface area (Å²) in [5.74, 6) is 0.383. The topological polar surface area (TPSA) is 59.8 Å². The molecule has 2 aromatic carbocycles. The van der Waals surface area contributed by atoms with Crippen molar-refractivity contribution in [3.8, 4) is 5.75 Å². The van der Waals surface area contributed by atoms with Crippen molar-refractivity contribution in [1.29, 1.82) is 0 Å². The Bertz CT molecular complexity index is 928. The van der Waals surface area contributed by atoms with Gasteiger partial charge >= 0.3 is 5.63 Å². The monoisotopic (exact) mass is 323 g/mol. The first-order valence-corrected chi connectivity index (χ1v) is 7.50. The predicted octanol–water partition coefficient (Wildman–Crippen LogP) is 3.07. The van der Waals surface area contributed by atoms with Crippen molar-refractivity contribution < 1.29 is 13.9 Å². The summed E-state index contributed by atoms with van der Waals surface area (Å²) in [7, 11) is 3.25. The highest BCUT2D eigenvalue weighted by atomic mass is 16.5. The Morgan fingerprint density at radius 3 is 2.54 bits per heavy atom. The molecule has 0 fully saturated rings. The van der Waals surface area contributed by atoms with Gasteiger partial charge in [-0.15, -0.1) is 0 Å². The van der Waals surface area contributed by atoms with Crippen LogP contribution in [0.3, 0.4) is 0 Å². The largest absolute Gasteiger partial charge is 0.497 e. The maximum Gasteiger partial charge on any atom is 0.349 e. The summed E-state index contributed by atoms with van der Waals surface area (Å²) in [6, 6.07) is 16.1. The first kappa shape index (κ1) is 15.8. The van der Waals surface area contributed by atoms with Crippen LogP contribution in [0.1, 0.15) is 15.9 Å². The molecule has 3 aromatic rings. The molecule has 0 radical (unpaired) electrons. The second kappa shape index (κ2) is 6.58. The van der Waals surface area contributed by atoms with E-state index in [0.717, 1.165) is 16.7 Å². The molecule has 1 heterocycles. The lowest BCUT2D eigenvalue weighted by molar-refractivity contribution is 0.0781. The molecule has 1 amide bonds. The zero-order valence-electron chi connectivity index (χ0n) is 13.5. The van der Waals surface area contributed by atoms with Gasteiger partial charge in [0.05, 0.1) is 7.11 Å². The van der Waals surface area contributed by atoms with Crippen LogP contribution in [0.25, 0.3) is 11.0 Å². The highest BCUT2D eigenvalue weighted by Crippen LogP contribution is 2.16. The predicted molar refractivity (Wildman–Crippen MR) is 91.3 cm³/mol. The summed E-state index contributed by atoms with van der Waals surface area (Å²) in [4.78, 5) is 26.2. The standard InChI is InChI=1S/C19H17NO4/c1-20(12-13-7-9-15(23-2)10-8-13)18(21)16-11-14-5-3-4-6-17(14)24-19(16)22/h3-11H,12H2,1-2H3. The van der Waals surface area contributed by atoms with Gasteiger partial charge in [0, 0.05) is 19.0 Å². The van der Waals surface area contributed by atoms with Crippen LogP contribution in [0.15, 0.2) is 63.8 Å². The van der Waals surface area contributed by atoms with E-state index in [4.69, 9.17) is 9.15 Å². The smallest absolute Gasteiger partial charge is 0.349 e. The van der Waals surface area contributed by atoms with Crippen molar-refractivity contribution >= 4 is 16.9 Å². The molecule has 0 saturated heterocycles. The minimum absolute atomic E-state index is 0.0321. The average molecular weight is 323 g/mol. The number of nitrogens with zero attached hydrogens (tertiary/aromatic N) is 1. The van der Waals surface area contributed by atoms with Gasteiger partial charge in [0.25, 0.3) is 5.91 Å². The van der Waals surface area contributed by atoms with Gasteiger partial charge in [-0.1, -0.05) is 30.3 Å². The number of carbonyl (C=O) groups excluding carboxylic acids is 1. The zero-order valence-corrected chi connectivity index (χ0v) is 13.5. The highest BCUT2D eigenvalue weighted by Gasteiger charge is 2.18. The molecule has 1 aromatic heterocycles. The third kappa shape index (κ3) is 3.15. The van der Waals surface area contributed by atoms with E-state index < -0.39 is 5.63 Å². The van der Waals surface area contributed by atoms with E-state index in [9.17, 15) is 9.59 Å². The molecule has 0 bridgehead atoms. The molecule has 24 heavy (non-hydrogen) atoms. The molecule has 3 rings (SSSR count). The number of amides is 1. The summed E-state index contributed by atoms with van der Waals surface area (Å²) in [6.07, 6.45) is 0. The van der Waals surface area contributed by atoms with Gasteiger partial charge in [-0.2, -0.15) is 0 Å². The van der Waals surface area contributed by atoms with Gasteiger partial charge < -0.3 is 14.1 Å². The average Bonchev–Trinajstić information content (AvgIpc) is 2.61. The molecule has 0 spiro atoms. The molecular weight excluding hydrogens is 306 g/mol. The number of methoxy groups -OCH3 is 1. The van der Waals surface area contributed by atoms with Crippen molar-refractivity contribution in [2.45, 2.75) is 6.54 Å². The van der Waals surface area contributed by atoms with Crippen LogP contribution in [0.4, 0.5) is 0 Å². The minimum atomic E-state index is -0.625. The Morgan fingerprint density at radius 1 is 1.12 bits per heavy atom. The van der Waals surface area contributed by atoms with E-state index >= 15 is 0 Å². The molecule has 0 saturated carbocycles. The Kier molecular flexibility index (Phi) is 4.33. The quantitative estimate of drug-likeness (QED) is 0.692. The highest BCUT2D eigenvalue weighted by molar-refractivity contribution is 5.96. The second-order valence-electron chi connectivity index (χ2n) is 5.49. The second-order valence-corrected chi connectivity index (χ2v) is 5.49. The third-order valence-electron chi connectivity index (χ3n) is 3.80. The van der Waals surface area contributed by atoms with Crippen LogP contribution >= 0.6 is 0 Å². The fraction of sp³-hybridized carbons (Fsp3) is 0.158. The molecule has 0 atom stereocenters. The first-order valence-electron chi connectivity index (χ1n) is 7.50. The molecule has 0 aliphatic rings.